The third-order valence-corrected chi connectivity index (χ3v) is 5.38. The molecule has 1 aliphatic heterocycles. The highest BCUT2D eigenvalue weighted by atomic mass is 16.5. The summed E-state index contributed by atoms with van der Waals surface area (Å²) in [5.74, 6) is 1.49. The van der Waals surface area contributed by atoms with Gasteiger partial charge in [-0.25, -0.2) is 0 Å². The summed E-state index contributed by atoms with van der Waals surface area (Å²) < 4.78 is 12.1. The molecule has 2 atom stereocenters. The molecule has 0 spiro atoms. The van der Waals surface area contributed by atoms with E-state index in [-0.39, 0.29) is 17.6 Å². The van der Waals surface area contributed by atoms with Gasteiger partial charge in [0.2, 0.25) is 0 Å². The van der Waals surface area contributed by atoms with Gasteiger partial charge in [-0.05, 0) is 77.3 Å². The topological polar surface area (TPSA) is 47.6 Å². The van der Waals surface area contributed by atoms with Crippen molar-refractivity contribution in [2.45, 2.75) is 72.6 Å². The first-order valence-corrected chi connectivity index (χ1v) is 9.90. The van der Waals surface area contributed by atoms with Gasteiger partial charge in [-0.3, -0.25) is 4.79 Å². The van der Waals surface area contributed by atoms with Crippen LogP contribution in [0.25, 0.3) is 0 Å². The highest BCUT2D eigenvalue weighted by Crippen LogP contribution is 2.40. The number of amides is 1. The van der Waals surface area contributed by atoms with Gasteiger partial charge in [0.15, 0.2) is 6.10 Å². The lowest BCUT2D eigenvalue weighted by molar-refractivity contribution is -0.128. The molecule has 1 aliphatic rings. The number of ether oxygens (including phenoxy) is 2. The quantitative estimate of drug-likeness (QED) is 0.801. The Bertz CT molecular complexity index is 901. The maximum atomic E-state index is 12.9. The highest BCUT2D eigenvalue weighted by molar-refractivity contribution is 5.81. The van der Waals surface area contributed by atoms with Gasteiger partial charge < -0.3 is 14.8 Å². The number of benzene rings is 2. The largest absolute Gasteiger partial charge is 0.487 e. The van der Waals surface area contributed by atoms with Gasteiger partial charge in [0.1, 0.15) is 17.1 Å². The molecule has 0 radical (unpaired) electrons. The fourth-order valence-electron chi connectivity index (χ4n) is 3.76. The molecule has 1 amide bonds. The molecule has 0 aliphatic carbocycles. The van der Waals surface area contributed by atoms with E-state index in [9.17, 15) is 4.79 Å². The van der Waals surface area contributed by atoms with Crippen LogP contribution in [-0.4, -0.2) is 17.6 Å². The lowest BCUT2D eigenvalue weighted by Gasteiger charge is -2.38. The van der Waals surface area contributed by atoms with Crippen LogP contribution >= 0.6 is 0 Å². The fraction of sp³-hybridized carbons (Fsp3) is 0.458. The second-order valence-electron chi connectivity index (χ2n) is 8.63. The molecule has 0 bridgehead atoms. The van der Waals surface area contributed by atoms with Crippen LogP contribution in [-0.2, 0) is 4.79 Å². The van der Waals surface area contributed by atoms with Crippen LogP contribution in [0, 0.1) is 27.7 Å². The molecule has 4 heteroatoms. The molecule has 2 aromatic carbocycles. The molecule has 0 saturated heterocycles. The minimum Gasteiger partial charge on any atom is -0.487 e. The highest BCUT2D eigenvalue weighted by Gasteiger charge is 2.35. The van der Waals surface area contributed by atoms with Crippen LogP contribution in [0.3, 0.4) is 0 Å². The number of hydrogen-bond donors (Lipinski definition) is 1. The average molecular weight is 382 g/mol. The molecule has 2 aromatic rings. The van der Waals surface area contributed by atoms with E-state index in [1.807, 2.05) is 52.8 Å². The number of rotatable bonds is 4. The second kappa shape index (κ2) is 7.50. The Morgan fingerprint density at radius 3 is 2.57 bits per heavy atom. The molecule has 1 N–H and O–H groups in total. The summed E-state index contributed by atoms with van der Waals surface area (Å²) in [5.41, 5.74) is 5.20. The first kappa shape index (κ1) is 20.2. The Kier molecular flexibility index (Phi) is 5.42. The van der Waals surface area contributed by atoms with Crippen molar-refractivity contribution in [3.63, 3.8) is 0 Å². The summed E-state index contributed by atoms with van der Waals surface area (Å²) in [5, 5.41) is 3.18. The number of nitrogens with one attached hydrogen (secondary N) is 1. The number of fused-ring (bicyclic) bond motifs is 1. The van der Waals surface area contributed by atoms with E-state index in [1.54, 1.807) is 6.92 Å². The maximum absolute atomic E-state index is 12.9. The summed E-state index contributed by atoms with van der Waals surface area (Å²) in [6.45, 7) is 14.1. The normalized spacial score (nSPS) is 18.6. The van der Waals surface area contributed by atoms with Crippen LogP contribution in [0.4, 0.5) is 0 Å². The van der Waals surface area contributed by atoms with E-state index >= 15 is 0 Å². The number of aryl methyl sites for hydroxylation is 3. The Balaban J connectivity index is 1.78. The van der Waals surface area contributed by atoms with Gasteiger partial charge in [0.25, 0.3) is 5.91 Å². The third-order valence-electron chi connectivity index (χ3n) is 5.38. The summed E-state index contributed by atoms with van der Waals surface area (Å²) >= 11 is 0. The van der Waals surface area contributed by atoms with E-state index < -0.39 is 6.10 Å². The van der Waals surface area contributed by atoms with Crippen LogP contribution in [0.5, 0.6) is 11.5 Å². The lowest BCUT2D eigenvalue weighted by atomic mass is 9.89. The minimum absolute atomic E-state index is 0.0995. The fourth-order valence-corrected chi connectivity index (χ4v) is 3.76. The van der Waals surface area contributed by atoms with Crippen LogP contribution < -0.4 is 14.8 Å². The van der Waals surface area contributed by atoms with E-state index in [0.717, 1.165) is 39.3 Å². The zero-order valence-electron chi connectivity index (χ0n) is 18.0. The average Bonchev–Trinajstić information content (AvgIpc) is 2.59. The zero-order valence-corrected chi connectivity index (χ0v) is 18.0. The van der Waals surface area contributed by atoms with Crippen LogP contribution in [0.2, 0.25) is 0 Å². The van der Waals surface area contributed by atoms with Crippen molar-refractivity contribution in [2.24, 2.45) is 0 Å². The number of carbonyl (C=O) groups is 1. The predicted molar refractivity (Wildman–Crippen MR) is 112 cm³/mol. The lowest BCUT2D eigenvalue weighted by Crippen LogP contribution is -2.44. The molecule has 28 heavy (non-hydrogen) atoms. The standard InChI is InChI=1S/C24H31NO3/c1-14-8-9-21-19(11-14)20(13-24(6,7)28-21)25-23(26)18(5)27-22-12-15(2)10-16(3)17(22)4/h8-12,18,20H,13H2,1-7H3,(H,25,26)/t18-,20+/m0/s1. The summed E-state index contributed by atoms with van der Waals surface area (Å²) in [7, 11) is 0. The van der Waals surface area contributed by atoms with Gasteiger partial charge in [-0.2, -0.15) is 0 Å². The van der Waals surface area contributed by atoms with Crippen molar-refractivity contribution in [1.82, 2.24) is 5.32 Å². The molecule has 1 heterocycles. The van der Waals surface area contributed by atoms with Gasteiger partial charge in [0, 0.05) is 12.0 Å². The molecule has 150 valence electrons. The van der Waals surface area contributed by atoms with Gasteiger partial charge >= 0.3 is 0 Å². The van der Waals surface area contributed by atoms with Gasteiger partial charge in [-0.1, -0.05) is 23.8 Å². The van der Waals surface area contributed by atoms with Crippen LogP contribution in [0.15, 0.2) is 30.3 Å². The minimum atomic E-state index is -0.584. The summed E-state index contributed by atoms with van der Waals surface area (Å²) in [6.07, 6.45) is 0.129. The van der Waals surface area contributed by atoms with Gasteiger partial charge in [0.05, 0.1) is 6.04 Å². The molecule has 0 aromatic heterocycles. The smallest absolute Gasteiger partial charge is 0.261 e. The van der Waals surface area contributed by atoms with Crippen molar-refractivity contribution in [3.8, 4) is 11.5 Å². The Morgan fingerprint density at radius 2 is 1.86 bits per heavy atom. The molecule has 0 unspecified atom stereocenters. The second-order valence-corrected chi connectivity index (χ2v) is 8.63. The van der Waals surface area contributed by atoms with E-state index in [2.05, 4.69) is 24.4 Å². The first-order valence-electron chi connectivity index (χ1n) is 9.90. The van der Waals surface area contributed by atoms with Crippen molar-refractivity contribution >= 4 is 5.91 Å². The molecular weight excluding hydrogens is 350 g/mol. The molecule has 3 rings (SSSR count). The number of carbonyl (C=O) groups excluding carboxylic acids is 1. The Morgan fingerprint density at radius 1 is 1.14 bits per heavy atom. The van der Waals surface area contributed by atoms with E-state index in [1.165, 1.54) is 0 Å². The SMILES string of the molecule is Cc1cc(C)c(C)c(O[C@@H](C)C(=O)N[C@@H]2CC(C)(C)Oc3ccc(C)cc32)c1. The van der Waals surface area contributed by atoms with Crippen molar-refractivity contribution in [1.29, 1.82) is 0 Å². The Labute approximate surface area is 168 Å². The third kappa shape index (κ3) is 4.32. The van der Waals surface area contributed by atoms with Crippen LogP contribution in [0.1, 0.15) is 61.1 Å². The summed E-state index contributed by atoms with van der Waals surface area (Å²) in [6, 6.07) is 10.1. The number of hydrogen-bond acceptors (Lipinski definition) is 3. The maximum Gasteiger partial charge on any atom is 0.261 e. The molecule has 0 saturated carbocycles. The Hall–Kier alpha value is -2.49. The summed E-state index contributed by atoms with van der Waals surface area (Å²) in [4.78, 5) is 12.9. The predicted octanol–water partition coefficient (Wildman–Crippen LogP) is 5.11. The van der Waals surface area contributed by atoms with Crippen molar-refractivity contribution in [3.05, 3.63) is 58.1 Å². The zero-order chi connectivity index (χ0) is 20.6. The van der Waals surface area contributed by atoms with Crippen molar-refractivity contribution in [2.75, 3.05) is 0 Å². The monoisotopic (exact) mass is 381 g/mol. The first-order chi connectivity index (χ1) is 13.1. The molecular formula is C24H31NO3. The van der Waals surface area contributed by atoms with E-state index in [4.69, 9.17) is 9.47 Å². The molecule has 4 nitrogen and oxygen atoms in total. The van der Waals surface area contributed by atoms with Gasteiger partial charge in [-0.15, -0.1) is 0 Å². The molecule has 0 fully saturated rings. The van der Waals surface area contributed by atoms with Crippen molar-refractivity contribution < 1.29 is 14.3 Å². The van der Waals surface area contributed by atoms with E-state index in [0.29, 0.717) is 6.42 Å².